The van der Waals surface area contributed by atoms with Crippen molar-refractivity contribution in [1.82, 2.24) is 4.72 Å². The fourth-order valence-corrected chi connectivity index (χ4v) is 5.03. The molecule has 1 amide bonds. The maximum absolute atomic E-state index is 12.7. The molecule has 35 heavy (non-hydrogen) atoms. The first kappa shape index (κ1) is 26.7. The molecule has 0 aliphatic carbocycles. The van der Waals surface area contributed by atoms with Crippen molar-refractivity contribution in [1.29, 1.82) is 0 Å². The van der Waals surface area contributed by atoms with E-state index in [0.717, 1.165) is 17.7 Å². The lowest BCUT2D eigenvalue weighted by atomic mass is 9.86. The van der Waals surface area contributed by atoms with Gasteiger partial charge in [-0.25, -0.2) is 17.9 Å². The number of amides is 1. The number of esters is 1. The van der Waals surface area contributed by atoms with Crippen LogP contribution in [-0.4, -0.2) is 26.9 Å². The van der Waals surface area contributed by atoms with Crippen LogP contribution in [0.15, 0.2) is 64.1 Å². The van der Waals surface area contributed by atoms with Crippen LogP contribution >= 0.6 is 23.2 Å². The van der Waals surface area contributed by atoms with Crippen LogP contribution in [0.5, 0.6) is 0 Å². The second-order valence-electron chi connectivity index (χ2n) is 8.59. The number of furan rings is 1. The largest absolute Gasteiger partial charge is 0.468 e. The fraction of sp³-hybridized carbons (Fsp3) is 0.250. The predicted octanol–water partition coefficient (Wildman–Crippen LogP) is 5.16. The zero-order chi connectivity index (χ0) is 25.8. The standard InChI is InChI=1S/C24H24Cl2N2O6S/c1-24(2,3)17-8-4-5-9-20(17)28-22(29)14-34-23(30)16-11-21(19(26)12-18(16)25)35(31,32)27-13-15-7-6-10-33-15/h4-12,27H,13-14H2,1-3H3,(H,28,29). The Morgan fingerprint density at radius 3 is 2.40 bits per heavy atom. The molecule has 8 nitrogen and oxygen atoms in total. The van der Waals surface area contributed by atoms with Gasteiger partial charge in [-0.3, -0.25) is 4.79 Å². The zero-order valence-electron chi connectivity index (χ0n) is 19.2. The number of hydrogen-bond donors (Lipinski definition) is 2. The number of sulfonamides is 1. The predicted molar refractivity (Wildman–Crippen MR) is 133 cm³/mol. The number of anilines is 1. The Balaban J connectivity index is 1.71. The first-order chi connectivity index (χ1) is 16.4. The molecule has 0 saturated heterocycles. The van der Waals surface area contributed by atoms with E-state index in [0.29, 0.717) is 11.4 Å². The Bertz CT molecular complexity index is 1330. The van der Waals surface area contributed by atoms with E-state index in [2.05, 4.69) is 10.0 Å². The number of benzene rings is 2. The van der Waals surface area contributed by atoms with E-state index in [1.165, 1.54) is 6.26 Å². The lowest BCUT2D eigenvalue weighted by Crippen LogP contribution is -2.25. The number of rotatable bonds is 8. The van der Waals surface area contributed by atoms with Crippen molar-refractivity contribution < 1.29 is 27.2 Å². The third kappa shape index (κ3) is 6.85. The third-order valence-corrected chi connectivity index (χ3v) is 7.07. The first-order valence-corrected chi connectivity index (χ1v) is 12.7. The minimum atomic E-state index is -4.12. The molecule has 3 rings (SSSR count). The fourth-order valence-electron chi connectivity index (χ4n) is 3.19. The maximum atomic E-state index is 12.7. The summed E-state index contributed by atoms with van der Waals surface area (Å²) in [6.45, 7) is 5.31. The second kappa shape index (κ2) is 10.8. The Kier molecular flexibility index (Phi) is 8.27. The molecular weight excluding hydrogens is 515 g/mol. The minimum absolute atomic E-state index is 0.121. The van der Waals surface area contributed by atoms with Gasteiger partial charge < -0.3 is 14.5 Å². The van der Waals surface area contributed by atoms with Crippen LogP contribution in [0, 0.1) is 0 Å². The number of nitrogens with one attached hydrogen (secondary N) is 2. The summed E-state index contributed by atoms with van der Waals surface area (Å²) in [6.07, 6.45) is 1.41. The summed E-state index contributed by atoms with van der Waals surface area (Å²) in [5.41, 5.74) is 1.04. The highest BCUT2D eigenvalue weighted by Crippen LogP contribution is 2.30. The van der Waals surface area contributed by atoms with Crippen LogP contribution in [0.25, 0.3) is 0 Å². The van der Waals surface area contributed by atoms with Gasteiger partial charge in [0.25, 0.3) is 5.91 Å². The summed E-state index contributed by atoms with van der Waals surface area (Å²) in [5, 5.41) is 2.42. The van der Waals surface area contributed by atoms with Gasteiger partial charge in [0.05, 0.1) is 28.4 Å². The number of ether oxygens (including phenoxy) is 1. The van der Waals surface area contributed by atoms with Crippen LogP contribution < -0.4 is 10.0 Å². The minimum Gasteiger partial charge on any atom is -0.468 e. The molecule has 0 fully saturated rings. The summed E-state index contributed by atoms with van der Waals surface area (Å²) in [5.74, 6) is -1.15. The van der Waals surface area contributed by atoms with Gasteiger partial charge in [0, 0.05) is 5.69 Å². The van der Waals surface area contributed by atoms with E-state index in [-0.39, 0.29) is 32.5 Å². The average Bonchev–Trinajstić information content (AvgIpc) is 3.29. The molecule has 0 bridgehead atoms. The van der Waals surface area contributed by atoms with Gasteiger partial charge in [-0.2, -0.15) is 0 Å². The molecule has 3 aromatic rings. The van der Waals surface area contributed by atoms with E-state index in [1.54, 1.807) is 24.3 Å². The Labute approximate surface area is 213 Å². The molecule has 186 valence electrons. The summed E-state index contributed by atoms with van der Waals surface area (Å²) in [7, 11) is -4.12. The van der Waals surface area contributed by atoms with Gasteiger partial charge in [-0.15, -0.1) is 0 Å². The Morgan fingerprint density at radius 1 is 1.03 bits per heavy atom. The second-order valence-corrected chi connectivity index (χ2v) is 11.1. The molecule has 1 heterocycles. The van der Waals surface area contributed by atoms with Crippen LogP contribution in [-0.2, 0) is 31.5 Å². The first-order valence-electron chi connectivity index (χ1n) is 10.5. The summed E-state index contributed by atoms with van der Waals surface area (Å²) in [4.78, 5) is 24.7. The van der Waals surface area contributed by atoms with Crippen molar-refractivity contribution in [2.24, 2.45) is 0 Å². The molecule has 0 aliphatic heterocycles. The van der Waals surface area contributed by atoms with Crippen LogP contribution in [0.3, 0.4) is 0 Å². The molecule has 0 spiro atoms. The summed E-state index contributed by atoms with van der Waals surface area (Å²) in [6, 6.07) is 12.6. The summed E-state index contributed by atoms with van der Waals surface area (Å²) >= 11 is 12.2. The van der Waals surface area contributed by atoms with Crippen molar-refractivity contribution in [3.05, 3.63) is 81.7 Å². The van der Waals surface area contributed by atoms with Crippen molar-refractivity contribution in [3.63, 3.8) is 0 Å². The Morgan fingerprint density at radius 2 is 1.74 bits per heavy atom. The molecule has 2 aromatic carbocycles. The van der Waals surface area contributed by atoms with Gasteiger partial charge in [0.15, 0.2) is 6.61 Å². The molecule has 11 heteroatoms. The highest BCUT2D eigenvalue weighted by Gasteiger charge is 2.24. The molecule has 0 unspecified atom stereocenters. The smallest absolute Gasteiger partial charge is 0.340 e. The number of para-hydroxylation sites is 1. The van der Waals surface area contributed by atoms with Crippen LogP contribution in [0.2, 0.25) is 10.0 Å². The van der Waals surface area contributed by atoms with Crippen LogP contribution in [0.4, 0.5) is 5.69 Å². The molecule has 0 atom stereocenters. The van der Waals surface area contributed by atoms with Crippen molar-refractivity contribution in [2.45, 2.75) is 37.6 Å². The SMILES string of the molecule is CC(C)(C)c1ccccc1NC(=O)COC(=O)c1cc(S(=O)(=O)NCc2ccco2)c(Cl)cc1Cl. The van der Waals surface area contributed by atoms with Crippen molar-refractivity contribution in [3.8, 4) is 0 Å². The number of hydrogen-bond acceptors (Lipinski definition) is 6. The number of carbonyl (C=O) groups is 2. The lowest BCUT2D eigenvalue weighted by molar-refractivity contribution is -0.119. The molecule has 0 radical (unpaired) electrons. The van der Waals surface area contributed by atoms with E-state index in [9.17, 15) is 18.0 Å². The van der Waals surface area contributed by atoms with Gasteiger partial charge >= 0.3 is 5.97 Å². The lowest BCUT2D eigenvalue weighted by Gasteiger charge is -2.23. The van der Waals surface area contributed by atoms with Gasteiger partial charge in [-0.1, -0.05) is 62.2 Å². The van der Waals surface area contributed by atoms with E-state index in [1.807, 2.05) is 32.9 Å². The van der Waals surface area contributed by atoms with E-state index in [4.69, 9.17) is 32.4 Å². The number of halogens is 2. The number of carbonyl (C=O) groups excluding carboxylic acids is 2. The quantitative estimate of drug-likeness (QED) is 0.383. The Hall–Kier alpha value is -2.85. The highest BCUT2D eigenvalue weighted by molar-refractivity contribution is 7.89. The van der Waals surface area contributed by atoms with E-state index < -0.39 is 28.5 Å². The highest BCUT2D eigenvalue weighted by atomic mass is 35.5. The van der Waals surface area contributed by atoms with Gasteiger partial charge in [-0.05, 0) is 41.3 Å². The zero-order valence-corrected chi connectivity index (χ0v) is 21.6. The normalized spacial score (nSPS) is 11.8. The summed E-state index contributed by atoms with van der Waals surface area (Å²) < 4.78 is 38.0. The monoisotopic (exact) mass is 538 g/mol. The molecule has 2 N–H and O–H groups in total. The van der Waals surface area contributed by atoms with Crippen LogP contribution in [0.1, 0.15) is 42.5 Å². The molecule has 0 aliphatic rings. The molecule has 0 saturated carbocycles. The van der Waals surface area contributed by atoms with Gasteiger partial charge in [0.2, 0.25) is 10.0 Å². The molecule has 1 aromatic heterocycles. The molecular formula is C24H24Cl2N2O6S. The van der Waals surface area contributed by atoms with Gasteiger partial charge in [0.1, 0.15) is 10.7 Å². The van der Waals surface area contributed by atoms with Crippen molar-refractivity contribution >= 4 is 50.8 Å². The average molecular weight is 539 g/mol. The van der Waals surface area contributed by atoms with E-state index >= 15 is 0 Å². The topological polar surface area (TPSA) is 115 Å². The third-order valence-electron chi connectivity index (χ3n) is 4.89. The van der Waals surface area contributed by atoms with Crippen molar-refractivity contribution in [2.75, 3.05) is 11.9 Å². The maximum Gasteiger partial charge on any atom is 0.340 e.